The molecule has 1 aromatic heterocycles. The third kappa shape index (κ3) is 1.91. The van der Waals surface area contributed by atoms with Crippen LogP contribution in [0, 0.1) is 12.3 Å². The summed E-state index contributed by atoms with van der Waals surface area (Å²) < 4.78 is 36.9. The molecule has 5 heteroatoms. The van der Waals surface area contributed by atoms with Crippen molar-refractivity contribution < 1.29 is 18.0 Å². The van der Waals surface area contributed by atoms with Gasteiger partial charge in [-0.05, 0) is 18.1 Å². The monoisotopic (exact) mass is 199 g/mol. The molecule has 0 unspecified atom stereocenters. The van der Waals surface area contributed by atoms with Crippen LogP contribution >= 0.6 is 0 Å². The maximum absolute atomic E-state index is 12.3. The van der Waals surface area contributed by atoms with Gasteiger partial charge in [-0.1, -0.05) is 0 Å². The largest absolute Gasteiger partial charge is 0.418 e. The number of halogens is 3. The van der Waals surface area contributed by atoms with Gasteiger partial charge in [0.05, 0.1) is 5.56 Å². The van der Waals surface area contributed by atoms with Crippen LogP contribution in [0.5, 0.6) is 0 Å². The summed E-state index contributed by atoms with van der Waals surface area (Å²) in [6, 6.07) is 1.85. The Hall–Kier alpha value is -1.83. The van der Waals surface area contributed by atoms with Crippen LogP contribution in [-0.2, 0) is 6.18 Å². The van der Waals surface area contributed by atoms with Crippen molar-refractivity contribution in [3.63, 3.8) is 0 Å². The fourth-order valence-electron chi connectivity index (χ4n) is 0.883. The van der Waals surface area contributed by atoms with Crippen LogP contribution in [0.3, 0.4) is 0 Å². The van der Waals surface area contributed by atoms with Crippen molar-refractivity contribution in [3.05, 3.63) is 29.6 Å². The zero-order valence-corrected chi connectivity index (χ0v) is 6.80. The lowest BCUT2D eigenvalue weighted by atomic mass is 10.1. The maximum atomic E-state index is 12.3. The highest BCUT2D eigenvalue weighted by atomic mass is 19.4. The molecule has 0 aliphatic heterocycles. The Bertz CT molecular complexity index is 403. The summed E-state index contributed by atoms with van der Waals surface area (Å²) in [5.41, 5.74) is -1.84. The standard InChI is InChI=1S/C9H4F3NO/c1-2-7(14)8-6(9(10,11)12)4-3-5-13-8/h1,3-5H. The molecule has 0 radical (unpaired) electrons. The Morgan fingerprint density at radius 1 is 1.50 bits per heavy atom. The Kier molecular flexibility index (Phi) is 2.56. The number of carbonyl (C=O) groups excluding carboxylic acids is 1. The minimum Gasteiger partial charge on any atom is -0.277 e. The number of hydrogen-bond acceptors (Lipinski definition) is 2. The zero-order valence-electron chi connectivity index (χ0n) is 6.80. The molecule has 1 rings (SSSR count). The van der Waals surface area contributed by atoms with E-state index in [4.69, 9.17) is 6.42 Å². The maximum Gasteiger partial charge on any atom is 0.418 e. The first kappa shape index (κ1) is 10.3. The zero-order chi connectivity index (χ0) is 10.8. The van der Waals surface area contributed by atoms with Crippen molar-refractivity contribution in [2.75, 3.05) is 0 Å². The summed E-state index contributed by atoms with van der Waals surface area (Å²) in [5, 5.41) is 0. The van der Waals surface area contributed by atoms with Gasteiger partial charge in [-0.3, -0.25) is 9.78 Å². The average molecular weight is 199 g/mol. The molecule has 0 saturated carbocycles. The number of alkyl halides is 3. The molecule has 1 heterocycles. The van der Waals surface area contributed by atoms with Crippen molar-refractivity contribution in [2.45, 2.75) is 6.18 Å². The second-order valence-corrected chi connectivity index (χ2v) is 2.37. The normalized spacial score (nSPS) is 10.7. The molecule has 0 saturated heterocycles. The van der Waals surface area contributed by atoms with Crippen molar-refractivity contribution >= 4 is 5.78 Å². The lowest BCUT2D eigenvalue weighted by Gasteiger charge is -2.08. The van der Waals surface area contributed by atoms with E-state index >= 15 is 0 Å². The van der Waals surface area contributed by atoms with Crippen LogP contribution in [0.4, 0.5) is 13.2 Å². The van der Waals surface area contributed by atoms with Gasteiger partial charge in [0.15, 0.2) is 0 Å². The Balaban J connectivity index is 3.32. The molecule has 0 spiro atoms. The van der Waals surface area contributed by atoms with E-state index in [9.17, 15) is 18.0 Å². The lowest BCUT2D eigenvalue weighted by Crippen LogP contribution is -2.13. The number of aromatic nitrogens is 1. The predicted octanol–water partition coefficient (Wildman–Crippen LogP) is 1.92. The summed E-state index contributed by atoms with van der Waals surface area (Å²) in [6.45, 7) is 0. The molecule has 0 atom stereocenters. The summed E-state index contributed by atoms with van der Waals surface area (Å²) >= 11 is 0. The second kappa shape index (κ2) is 3.50. The third-order valence-electron chi connectivity index (χ3n) is 1.46. The van der Waals surface area contributed by atoms with Crippen LogP contribution in [0.15, 0.2) is 18.3 Å². The summed E-state index contributed by atoms with van der Waals surface area (Å²) in [6.07, 6.45) is 1.18. The Morgan fingerprint density at radius 2 is 2.14 bits per heavy atom. The predicted molar refractivity (Wildman–Crippen MR) is 42.4 cm³/mol. The molecule has 0 amide bonds. The van der Waals surface area contributed by atoms with Crippen molar-refractivity contribution in [2.24, 2.45) is 0 Å². The number of rotatable bonds is 1. The quantitative estimate of drug-likeness (QED) is 0.393. The fraction of sp³-hybridized carbons (Fsp3) is 0.111. The fourth-order valence-corrected chi connectivity index (χ4v) is 0.883. The van der Waals surface area contributed by atoms with Gasteiger partial charge in [-0.2, -0.15) is 13.2 Å². The molecule has 0 aromatic carbocycles. The summed E-state index contributed by atoms with van der Waals surface area (Å²) in [5.74, 6) is 0.521. The highest BCUT2D eigenvalue weighted by molar-refractivity contribution is 6.08. The topological polar surface area (TPSA) is 30.0 Å². The minimum absolute atomic E-state index is 0.734. The van der Waals surface area contributed by atoms with Gasteiger partial charge in [-0.15, -0.1) is 6.42 Å². The van der Waals surface area contributed by atoms with E-state index < -0.39 is 23.2 Å². The van der Waals surface area contributed by atoms with E-state index in [2.05, 4.69) is 4.98 Å². The van der Waals surface area contributed by atoms with Crippen LogP contribution in [0.25, 0.3) is 0 Å². The van der Waals surface area contributed by atoms with Crippen molar-refractivity contribution in [1.82, 2.24) is 4.98 Å². The molecule has 0 aliphatic rings. The number of terminal acetylenes is 1. The molecule has 0 aliphatic carbocycles. The molecule has 0 N–H and O–H groups in total. The lowest BCUT2D eigenvalue weighted by molar-refractivity contribution is -0.138. The van der Waals surface area contributed by atoms with Gasteiger partial charge in [0.1, 0.15) is 5.69 Å². The Labute approximate surface area is 77.8 Å². The van der Waals surface area contributed by atoms with E-state index in [0.717, 1.165) is 18.3 Å². The van der Waals surface area contributed by atoms with E-state index in [0.29, 0.717) is 0 Å². The first-order valence-electron chi connectivity index (χ1n) is 3.50. The summed E-state index contributed by atoms with van der Waals surface area (Å²) in [4.78, 5) is 14.2. The number of ketones is 1. The molecule has 0 bridgehead atoms. The van der Waals surface area contributed by atoms with Gasteiger partial charge < -0.3 is 0 Å². The SMILES string of the molecule is C#CC(=O)c1ncccc1C(F)(F)F. The van der Waals surface area contributed by atoms with Gasteiger partial charge >= 0.3 is 6.18 Å². The van der Waals surface area contributed by atoms with E-state index in [1.54, 1.807) is 5.92 Å². The number of Topliss-reactive ketones (excluding diaryl/α,β-unsaturated/α-hetero) is 1. The van der Waals surface area contributed by atoms with Crippen molar-refractivity contribution in [3.8, 4) is 12.3 Å². The molecular weight excluding hydrogens is 195 g/mol. The Morgan fingerprint density at radius 3 is 2.64 bits per heavy atom. The molecule has 1 aromatic rings. The van der Waals surface area contributed by atoms with Crippen LogP contribution in [0.1, 0.15) is 16.1 Å². The van der Waals surface area contributed by atoms with E-state index in [1.165, 1.54) is 0 Å². The van der Waals surface area contributed by atoms with Crippen LogP contribution < -0.4 is 0 Å². The van der Waals surface area contributed by atoms with Gasteiger partial charge in [0, 0.05) is 6.20 Å². The number of hydrogen-bond donors (Lipinski definition) is 0. The first-order chi connectivity index (χ1) is 6.46. The smallest absolute Gasteiger partial charge is 0.277 e. The molecule has 0 fully saturated rings. The van der Waals surface area contributed by atoms with Crippen LogP contribution in [-0.4, -0.2) is 10.8 Å². The van der Waals surface area contributed by atoms with Crippen molar-refractivity contribution in [1.29, 1.82) is 0 Å². The number of nitrogens with zero attached hydrogens (tertiary/aromatic N) is 1. The second-order valence-electron chi connectivity index (χ2n) is 2.37. The molecule has 2 nitrogen and oxygen atoms in total. The van der Waals surface area contributed by atoms with Gasteiger partial charge in [0.25, 0.3) is 5.78 Å². The minimum atomic E-state index is -4.61. The molecule has 72 valence electrons. The van der Waals surface area contributed by atoms with Gasteiger partial charge in [0.2, 0.25) is 0 Å². The molecule has 14 heavy (non-hydrogen) atoms. The molecular formula is C9H4F3NO. The van der Waals surface area contributed by atoms with Crippen LogP contribution in [0.2, 0.25) is 0 Å². The first-order valence-corrected chi connectivity index (χ1v) is 3.50. The highest BCUT2D eigenvalue weighted by Gasteiger charge is 2.35. The average Bonchev–Trinajstić information content (AvgIpc) is 2.15. The number of carbonyl (C=O) groups is 1. The third-order valence-corrected chi connectivity index (χ3v) is 1.46. The van der Waals surface area contributed by atoms with E-state index in [1.807, 2.05) is 0 Å². The number of pyridine rings is 1. The van der Waals surface area contributed by atoms with Gasteiger partial charge in [-0.25, -0.2) is 0 Å². The highest BCUT2D eigenvalue weighted by Crippen LogP contribution is 2.30. The van der Waals surface area contributed by atoms with E-state index in [-0.39, 0.29) is 0 Å². The summed E-state index contributed by atoms with van der Waals surface area (Å²) in [7, 11) is 0.